The first kappa shape index (κ1) is 23.5. The van der Waals surface area contributed by atoms with Crippen molar-refractivity contribution in [2.75, 3.05) is 7.11 Å². The normalized spacial score (nSPS) is 13.7. The van der Waals surface area contributed by atoms with Gasteiger partial charge in [-0.1, -0.05) is 29.3 Å². The molecule has 0 saturated heterocycles. The zero-order chi connectivity index (χ0) is 21.3. The first-order valence-electron chi connectivity index (χ1n) is 8.42. The number of halogens is 2. The quantitative estimate of drug-likeness (QED) is 0.336. The van der Waals surface area contributed by atoms with Gasteiger partial charge >= 0.3 is 5.97 Å². The van der Waals surface area contributed by atoms with Gasteiger partial charge in [0.25, 0.3) is 5.91 Å². The number of allylic oxidation sites excluding steroid dienone is 2. The number of benzene rings is 1. The number of carbonyl (C=O) groups excluding carboxylic acids is 2. The van der Waals surface area contributed by atoms with Crippen molar-refractivity contribution in [2.24, 2.45) is 10.7 Å². The van der Waals surface area contributed by atoms with E-state index >= 15 is 0 Å². The molecule has 1 aromatic rings. The van der Waals surface area contributed by atoms with Crippen molar-refractivity contribution in [1.82, 2.24) is 10.6 Å². The van der Waals surface area contributed by atoms with Gasteiger partial charge in [-0.05, 0) is 50.1 Å². The second-order valence-electron chi connectivity index (χ2n) is 5.83. The highest BCUT2D eigenvalue weighted by Crippen LogP contribution is 2.22. The Morgan fingerprint density at radius 2 is 2.00 bits per heavy atom. The van der Waals surface area contributed by atoms with Gasteiger partial charge in [0.2, 0.25) is 0 Å². The van der Waals surface area contributed by atoms with Crippen LogP contribution in [0.2, 0.25) is 10.0 Å². The number of hydrogen-bond acceptors (Lipinski definition) is 6. The van der Waals surface area contributed by atoms with E-state index in [2.05, 4.69) is 20.4 Å². The van der Waals surface area contributed by atoms with Crippen molar-refractivity contribution in [3.63, 3.8) is 0 Å². The number of nitrogens with one attached hydrogen (secondary N) is 2. The summed E-state index contributed by atoms with van der Waals surface area (Å²) in [7, 11) is 1.28. The predicted molar refractivity (Wildman–Crippen MR) is 112 cm³/mol. The van der Waals surface area contributed by atoms with Gasteiger partial charge in [-0.3, -0.25) is 9.79 Å². The number of esters is 1. The molecule has 1 aromatic carbocycles. The topological polar surface area (TPSA) is 106 Å². The van der Waals surface area contributed by atoms with Crippen LogP contribution in [0.1, 0.15) is 26.3 Å². The van der Waals surface area contributed by atoms with E-state index in [1.54, 1.807) is 39.0 Å². The van der Waals surface area contributed by atoms with Crippen LogP contribution in [-0.4, -0.2) is 31.2 Å². The fourth-order valence-electron chi connectivity index (χ4n) is 1.96. The van der Waals surface area contributed by atoms with Crippen molar-refractivity contribution in [3.8, 4) is 0 Å². The Bertz CT molecular complexity index is 819. The van der Waals surface area contributed by atoms with E-state index in [-0.39, 0.29) is 5.70 Å². The lowest BCUT2D eigenvalue weighted by atomic mass is 10.2. The third-order valence-corrected chi connectivity index (χ3v) is 4.45. The maximum Gasteiger partial charge on any atom is 0.330 e. The third-order valence-electron chi connectivity index (χ3n) is 3.71. The predicted octanol–water partition coefficient (Wildman–Crippen LogP) is 2.93. The fraction of sp³-hybridized carbons (Fsp3) is 0.316. The van der Waals surface area contributed by atoms with Crippen molar-refractivity contribution >= 4 is 41.3 Å². The van der Waals surface area contributed by atoms with Gasteiger partial charge in [-0.25, -0.2) is 4.79 Å². The Kier molecular flexibility index (Phi) is 9.55. The molecule has 7 nitrogen and oxygen atoms in total. The Labute approximate surface area is 174 Å². The van der Waals surface area contributed by atoms with Gasteiger partial charge in [0, 0.05) is 12.8 Å². The molecule has 0 saturated carbocycles. The smallest absolute Gasteiger partial charge is 0.330 e. The van der Waals surface area contributed by atoms with E-state index in [9.17, 15) is 9.59 Å². The largest absolute Gasteiger partial charge is 0.467 e. The SMILES string of the molecule is CC=C(NCc1ccc(Cl)c(Cl)c1)NC(=O)/C(N)=C(\C)C=NC(C)C(=O)OC. The highest BCUT2D eigenvalue weighted by atomic mass is 35.5. The van der Waals surface area contributed by atoms with Crippen LogP contribution in [0.3, 0.4) is 0 Å². The minimum atomic E-state index is -0.685. The van der Waals surface area contributed by atoms with Crippen LogP contribution in [0.25, 0.3) is 0 Å². The highest BCUT2D eigenvalue weighted by Gasteiger charge is 2.12. The van der Waals surface area contributed by atoms with E-state index in [1.165, 1.54) is 13.3 Å². The Morgan fingerprint density at radius 1 is 1.32 bits per heavy atom. The van der Waals surface area contributed by atoms with Gasteiger partial charge in [0.15, 0.2) is 0 Å². The first-order chi connectivity index (χ1) is 13.2. The number of nitrogens with two attached hydrogens (primary N) is 1. The third kappa shape index (κ3) is 7.25. The van der Waals surface area contributed by atoms with Gasteiger partial charge in [-0.2, -0.15) is 0 Å². The average Bonchev–Trinajstić information content (AvgIpc) is 2.69. The maximum absolute atomic E-state index is 12.3. The van der Waals surface area contributed by atoms with Crippen LogP contribution in [0.4, 0.5) is 0 Å². The lowest BCUT2D eigenvalue weighted by Gasteiger charge is -2.13. The molecule has 1 rings (SSSR count). The summed E-state index contributed by atoms with van der Waals surface area (Å²) < 4.78 is 4.59. The molecule has 4 N–H and O–H groups in total. The van der Waals surface area contributed by atoms with Crippen LogP contribution >= 0.6 is 23.2 Å². The van der Waals surface area contributed by atoms with Crippen LogP contribution < -0.4 is 16.4 Å². The van der Waals surface area contributed by atoms with Gasteiger partial charge in [0.1, 0.15) is 17.6 Å². The first-order valence-corrected chi connectivity index (χ1v) is 9.18. The minimum absolute atomic E-state index is 0.0171. The number of rotatable bonds is 8. The molecule has 0 aromatic heterocycles. The highest BCUT2D eigenvalue weighted by molar-refractivity contribution is 6.42. The molecule has 0 bridgehead atoms. The zero-order valence-corrected chi connectivity index (χ0v) is 17.7. The zero-order valence-electron chi connectivity index (χ0n) is 16.2. The molecule has 0 radical (unpaired) electrons. The summed E-state index contributed by atoms with van der Waals surface area (Å²) >= 11 is 11.9. The summed E-state index contributed by atoms with van der Waals surface area (Å²) in [4.78, 5) is 27.7. The number of aliphatic imine (C=N–C) groups is 1. The molecule has 28 heavy (non-hydrogen) atoms. The molecule has 0 aliphatic carbocycles. The molecule has 9 heteroatoms. The number of ether oxygens (including phenoxy) is 1. The standard InChI is InChI=1S/C19H24Cl2N4O3/c1-5-16(24-10-13-6-7-14(20)15(21)8-13)25-18(26)17(22)11(2)9-23-12(3)19(27)28-4/h5-9,12,24H,10,22H2,1-4H3,(H,25,26)/b16-5?,17-11-,23-9?. The van der Waals surface area contributed by atoms with Crippen LogP contribution in [-0.2, 0) is 20.9 Å². The molecular weight excluding hydrogens is 403 g/mol. The van der Waals surface area contributed by atoms with E-state index in [4.69, 9.17) is 28.9 Å². The molecule has 1 atom stereocenters. The minimum Gasteiger partial charge on any atom is -0.467 e. The van der Waals surface area contributed by atoms with Crippen molar-refractivity contribution in [1.29, 1.82) is 0 Å². The van der Waals surface area contributed by atoms with E-state index in [0.717, 1.165) is 5.56 Å². The Hall–Kier alpha value is -2.51. The van der Waals surface area contributed by atoms with Crippen molar-refractivity contribution < 1.29 is 14.3 Å². The van der Waals surface area contributed by atoms with Gasteiger partial charge < -0.3 is 21.1 Å². The van der Waals surface area contributed by atoms with Crippen LogP contribution in [0, 0.1) is 0 Å². The summed E-state index contributed by atoms with van der Waals surface area (Å²) in [6.45, 7) is 5.40. The Morgan fingerprint density at radius 3 is 2.57 bits per heavy atom. The number of hydrogen-bond donors (Lipinski definition) is 3. The Balaban J connectivity index is 2.72. The molecule has 0 aliphatic rings. The summed E-state index contributed by atoms with van der Waals surface area (Å²) in [5.74, 6) is -0.495. The van der Waals surface area contributed by atoms with Gasteiger partial charge in [0.05, 0.1) is 17.2 Å². The van der Waals surface area contributed by atoms with Crippen molar-refractivity contribution in [2.45, 2.75) is 33.4 Å². The van der Waals surface area contributed by atoms with Gasteiger partial charge in [-0.15, -0.1) is 0 Å². The summed E-state index contributed by atoms with van der Waals surface area (Å²) in [6, 6.07) is 4.58. The molecule has 152 valence electrons. The summed E-state index contributed by atoms with van der Waals surface area (Å²) in [6.07, 6.45) is 3.07. The van der Waals surface area contributed by atoms with E-state index in [0.29, 0.717) is 28.0 Å². The lowest BCUT2D eigenvalue weighted by molar-refractivity contribution is -0.141. The number of carbonyl (C=O) groups is 2. The molecule has 0 heterocycles. The number of amides is 1. The second kappa shape index (κ2) is 11.4. The monoisotopic (exact) mass is 426 g/mol. The fourth-order valence-corrected chi connectivity index (χ4v) is 2.28. The van der Waals surface area contributed by atoms with E-state index in [1.807, 2.05) is 6.07 Å². The molecule has 0 aliphatic heterocycles. The number of nitrogens with zero attached hydrogens (tertiary/aromatic N) is 1. The summed E-state index contributed by atoms with van der Waals surface area (Å²) in [5, 5.41) is 6.69. The molecule has 0 fully saturated rings. The van der Waals surface area contributed by atoms with Crippen LogP contribution in [0.5, 0.6) is 0 Å². The van der Waals surface area contributed by atoms with Crippen molar-refractivity contribution in [3.05, 3.63) is 57.0 Å². The second-order valence-corrected chi connectivity index (χ2v) is 6.65. The lowest BCUT2D eigenvalue weighted by Crippen LogP contribution is -2.34. The molecule has 1 unspecified atom stereocenters. The maximum atomic E-state index is 12.3. The van der Waals surface area contributed by atoms with E-state index < -0.39 is 17.9 Å². The molecule has 0 spiro atoms. The average molecular weight is 427 g/mol. The molecule has 1 amide bonds. The van der Waals surface area contributed by atoms with Crippen LogP contribution in [0.15, 0.2) is 46.4 Å². The summed E-state index contributed by atoms with van der Waals surface area (Å²) in [5.41, 5.74) is 7.18. The number of methoxy groups -OCH3 is 1. The molecular formula is C19H24Cl2N4O3.